The van der Waals surface area contributed by atoms with Crippen LogP contribution in [0.25, 0.3) is 0 Å². The van der Waals surface area contributed by atoms with Crippen LogP contribution in [0, 0.1) is 17.2 Å². The van der Waals surface area contributed by atoms with Gasteiger partial charge in [0, 0.05) is 25.4 Å². The van der Waals surface area contributed by atoms with Crippen LogP contribution in [0.2, 0.25) is 0 Å². The molecule has 1 N–H and O–H groups in total. The monoisotopic (exact) mass is 181 g/mol. The van der Waals surface area contributed by atoms with E-state index < -0.39 is 0 Å². The van der Waals surface area contributed by atoms with Gasteiger partial charge in [-0.15, -0.1) is 0 Å². The van der Waals surface area contributed by atoms with Crippen molar-refractivity contribution in [1.29, 1.82) is 5.26 Å². The Kier molecular flexibility index (Phi) is 3.26. The van der Waals surface area contributed by atoms with Crippen molar-refractivity contribution in [2.24, 2.45) is 11.1 Å². The van der Waals surface area contributed by atoms with Gasteiger partial charge in [-0.05, 0) is 6.92 Å². The van der Waals surface area contributed by atoms with Gasteiger partial charge >= 0.3 is 0 Å². The molecule has 1 fully saturated rings. The second-order valence-corrected chi connectivity index (χ2v) is 3.54. The number of piperidine rings is 1. The van der Waals surface area contributed by atoms with E-state index in [2.05, 4.69) is 16.1 Å². The van der Waals surface area contributed by atoms with Crippen molar-refractivity contribution < 1.29 is 5.21 Å². The van der Waals surface area contributed by atoms with Gasteiger partial charge in [-0.3, -0.25) is 4.90 Å². The second kappa shape index (κ2) is 4.24. The fraction of sp³-hybridized carbons (Fsp3) is 0.778. The zero-order chi connectivity index (χ0) is 9.84. The van der Waals surface area contributed by atoms with Gasteiger partial charge in [-0.1, -0.05) is 12.1 Å². The summed E-state index contributed by atoms with van der Waals surface area (Å²) in [5, 5.41) is 20.6. The molecule has 72 valence electrons. The minimum atomic E-state index is -0.0392. The van der Waals surface area contributed by atoms with Crippen molar-refractivity contribution in [2.75, 3.05) is 13.1 Å². The summed E-state index contributed by atoms with van der Waals surface area (Å²) in [4.78, 5) is 2.11. The molecule has 4 heteroatoms. The summed E-state index contributed by atoms with van der Waals surface area (Å²) in [6.07, 6.45) is 0.768. The van der Waals surface area contributed by atoms with Gasteiger partial charge in [0.1, 0.15) is 0 Å². The van der Waals surface area contributed by atoms with Crippen LogP contribution in [0.4, 0.5) is 0 Å². The van der Waals surface area contributed by atoms with E-state index in [0.717, 1.165) is 25.2 Å². The van der Waals surface area contributed by atoms with Gasteiger partial charge in [-0.2, -0.15) is 5.26 Å². The first-order chi connectivity index (χ1) is 6.19. The van der Waals surface area contributed by atoms with Crippen LogP contribution in [0.1, 0.15) is 20.3 Å². The largest absolute Gasteiger partial charge is 0.411 e. The molecule has 1 aliphatic rings. The fourth-order valence-electron chi connectivity index (χ4n) is 1.63. The molecule has 0 spiro atoms. The highest BCUT2D eigenvalue weighted by atomic mass is 16.4. The van der Waals surface area contributed by atoms with Gasteiger partial charge in [0.15, 0.2) is 0 Å². The topological polar surface area (TPSA) is 59.6 Å². The second-order valence-electron chi connectivity index (χ2n) is 3.54. The lowest BCUT2D eigenvalue weighted by Crippen LogP contribution is -2.43. The SMILES string of the molecule is CC1CN(C(C)C#N)CCC1=NO. The molecule has 1 saturated heterocycles. The molecular weight excluding hydrogens is 166 g/mol. The van der Waals surface area contributed by atoms with Crippen LogP contribution in [-0.4, -0.2) is 35.0 Å². The Morgan fingerprint density at radius 1 is 1.77 bits per heavy atom. The molecule has 13 heavy (non-hydrogen) atoms. The molecule has 0 amide bonds. The third-order valence-electron chi connectivity index (χ3n) is 2.60. The highest BCUT2D eigenvalue weighted by Gasteiger charge is 2.25. The predicted octanol–water partition coefficient (Wildman–Crippen LogP) is 1.07. The van der Waals surface area contributed by atoms with Crippen LogP contribution < -0.4 is 0 Å². The van der Waals surface area contributed by atoms with Crippen LogP contribution >= 0.6 is 0 Å². The molecule has 1 aliphatic heterocycles. The van der Waals surface area contributed by atoms with Crippen LogP contribution in [0.5, 0.6) is 0 Å². The van der Waals surface area contributed by atoms with E-state index in [9.17, 15) is 0 Å². The van der Waals surface area contributed by atoms with Crippen molar-refractivity contribution >= 4 is 5.71 Å². The Balaban J connectivity index is 2.56. The minimum Gasteiger partial charge on any atom is -0.411 e. The summed E-state index contributed by atoms with van der Waals surface area (Å²) in [5.74, 6) is 0.259. The Labute approximate surface area is 78.4 Å². The van der Waals surface area contributed by atoms with E-state index in [1.807, 2.05) is 13.8 Å². The van der Waals surface area contributed by atoms with Gasteiger partial charge in [0.25, 0.3) is 0 Å². The summed E-state index contributed by atoms with van der Waals surface area (Å²) in [6.45, 7) is 5.55. The van der Waals surface area contributed by atoms with Crippen molar-refractivity contribution in [1.82, 2.24) is 4.90 Å². The highest BCUT2D eigenvalue weighted by molar-refractivity contribution is 5.87. The molecular formula is C9H15N3O. The van der Waals surface area contributed by atoms with Crippen molar-refractivity contribution in [3.05, 3.63) is 0 Å². The average molecular weight is 181 g/mol. The predicted molar refractivity (Wildman–Crippen MR) is 49.7 cm³/mol. The van der Waals surface area contributed by atoms with Crippen molar-refractivity contribution in [3.8, 4) is 6.07 Å². The maximum absolute atomic E-state index is 8.73. The standard InChI is InChI=1S/C9H15N3O/c1-7-6-12(8(2)5-10)4-3-9(7)11-13/h7-8,13H,3-4,6H2,1-2H3. The molecule has 0 radical (unpaired) electrons. The Bertz CT molecular complexity index is 244. The van der Waals surface area contributed by atoms with E-state index in [1.54, 1.807) is 0 Å². The fourth-order valence-corrected chi connectivity index (χ4v) is 1.63. The first-order valence-corrected chi connectivity index (χ1v) is 4.53. The molecule has 2 atom stereocenters. The highest BCUT2D eigenvalue weighted by Crippen LogP contribution is 2.15. The third kappa shape index (κ3) is 2.19. The molecule has 1 heterocycles. The summed E-state index contributed by atoms with van der Waals surface area (Å²) < 4.78 is 0. The van der Waals surface area contributed by atoms with E-state index in [0.29, 0.717) is 0 Å². The normalized spacial score (nSPS) is 29.9. The average Bonchev–Trinajstić information content (AvgIpc) is 2.16. The first-order valence-electron chi connectivity index (χ1n) is 4.53. The Hall–Kier alpha value is -1.08. The van der Waals surface area contributed by atoms with Gasteiger partial charge in [-0.25, -0.2) is 0 Å². The van der Waals surface area contributed by atoms with E-state index in [4.69, 9.17) is 10.5 Å². The Morgan fingerprint density at radius 3 is 2.92 bits per heavy atom. The maximum Gasteiger partial charge on any atom is 0.0949 e. The summed E-state index contributed by atoms with van der Waals surface area (Å²) in [6, 6.07) is 2.17. The number of rotatable bonds is 1. The first kappa shape index (κ1) is 10.0. The molecule has 0 aromatic carbocycles. The lowest BCUT2D eigenvalue weighted by atomic mass is 9.97. The van der Waals surface area contributed by atoms with E-state index in [1.165, 1.54) is 0 Å². The van der Waals surface area contributed by atoms with Gasteiger partial charge in [0.05, 0.1) is 17.8 Å². The minimum absolute atomic E-state index is 0.0392. The molecule has 1 rings (SSSR count). The zero-order valence-corrected chi connectivity index (χ0v) is 8.06. The van der Waals surface area contributed by atoms with Crippen LogP contribution in [0.15, 0.2) is 5.16 Å². The van der Waals surface area contributed by atoms with E-state index in [-0.39, 0.29) is 12.0 Å². The molecule has 0 saturated carbocycles. The smallest absolute Gasteiger partial charge is 0.0949 e. The van der Waals surface area contributed by atoms with E-state index >= 15 is 0 Å². The summed E-state index contributed by atoms with van der Waals surface area (Å²) in [5.41, 5.74) is 0.849. The molecule has 0 aromatic heterocycles. The molecule has 4 nitrogen and oxygen atoms in total. The number of likely N-dealkylation sites (tertiary alicyclic amines) is 1. The number of oxime groups is 1. The number of nitriles is 1. The van der Waals surface area contributed by atoms with Crippen molar-refractivity contribution in [3.63, 3.8) is 0 Å². The summed E-state index contributed by atoms with van der Waals surface area (Å²) in [7, 11) is 0. The Morgan fingerprint density at radius 2 is 2.46 bits per heavy atom. The lowest BCUT2D eigenvalue weighted by molar-refractivity contribution is 0.213. The zero-order valence-electron chi connectivity index (χ0n) is 8.06. The quantitative estimate of drug-likeness (QED) is 0.486. The van der Waals surface area contributed by atoms with Crippen molar-refractivity contribution in [2.45, 2.75) is 26.3 Å². The maximum atomic E-state index is 8.73. The third-order valence-corrected chi connectivity index (χ3v) is 2.60. The molecule has 2 unspecified atom stereocenters. The molecule has 0 aliphatic carbocycles. The molecule has 0 aromatic rings. The lowest BCUT2D eigenvalue weighted by Gasteiger charge is -2.32. The number of hydrogen-bond acceptors (Lipinski definition) is 4. The van der Waals surface area contributed by atoms with Gasteiger partial charge in [0.2, 0.25) is 0 Å². The number of hydrogen-bond donors (Lipinski definition) is 1. The van der Waals surface area contributed by atoms with Gasteiger partial charge < -0.3 is 5.21 Å². The van der Waals surface area contributed by atoms with Crippen LogP contribution in [-0.2, 0) is 0 Å². The summed E-state index contributed by atoms with van der Waals surface area (Å²) >= 11 is 0. The van der Waals surface area contributed by atoms with Crippen LogP contribution in [0.3, 0.4) is 0 Å². The molecule has 0 bridgehead atoms. The number of nitrogens with zero attached hydrogens (tertiary/aromatic N) is 3.